The second-order valence-corrected chi connectivity index (χ2v) is 17.5. The molecule has 0 aromatic heterocycles. The molecule has 3 aliphatic heterocycles. The standard InChI is InChI=1S/C35H41Cl2N5O6S2/c1-3-48-31-17-16-29(50(46,47)41-18-6-5-7-19-41)24-30(31)34-38-32(25-8-12-27(36)13-9-25)33(26-10-14-28(37)15-11-26)42(34)35(43)39-20-22-40(23-21-39)49(44,45)4-2/h8-17,24,32-33H,3-7,18-23H2,1-2H3. The third-order valence-electron chi connectivity index (χ3n) is 9.41. The van der Waals surface area contributed by atoms with Crippen LogP contribution in [0, 0.1) is 0 Å². The lowest BCUT2D eigenvalue weighted by atomic mass is 9.93. The maximum atomic E-state index is 14.9. The maximum absolute atomic E-state index is 14.9. The van der Waals surface area contributed by atoms with Crippen LogP contribution in [0.2, 0.25) is 10.0 Å². The van der Waals surface area contributed by atoms with Crippen LogP contribution in [-0.4, -0.2) is 98.7 Å². The van der Waals surface area contributed by atoms with Crippen LogP contribution in [0.4, 0.5) is 4.79 Å². The zero-order valence-corrected chi connectivity index (χ0v) is 31.2. The molecule has 6 rings (SSSR count). The van der Waals surface area contributed by atoms with Crippen molar-refractivity contribution >= 4 is 55.1 Å². The third-order valence-corrected chi connectivity index (χ3v) is 13.7. The van der Waals surface area contributed by atoms with Gasteiger partial charge in [-0.2, -0.15) is 8.61 Å². The van der Waals surface area contributed by atoms with Gasteiger partial charge in [-0.3, -0.25) is 9.89 Å². The molecule has 3 heterocycles. The van der Waals surface area contributed by atoms with Crippen LogP contribution in [0.1, 0.15) is 61.9 Å². The number of amidine groups is 1. The molecule has 3 aliphatic rings. The normalized spacial score (nSPS) is 20.9. The van der Waals surface area contributed by atoms with Crippen molar-refractivity contribution in [2.75, 3.05) is 51.6 Å². The van der Waals surface area contributed by atoms with E-state index in [1.165, 1.54) is 8.61 Å². The zero-order valence-electron chi connectivity index (χ0n) is 28.0. The van der Waals surface area contributed by atoms with Gasteiger partial charge in [-0.15, -0.1) is 0 Å². The van der Waals surface area contributed by atoms with Gasteiger partial charge in [0.1, 0.15) is 17.6 Å². The predicted octanol–water partition coefficient (Wildman–Crippen LogP) is 6.20. The number of piperidine rings is 1. The quantitative estimate of drug-likeness (QED) is 0.256. The molecule has 268 valence electrons. The molecular formula is C35H41Cl2N5O6S2. The minimum atomic E-state index is -3.85. The van der Waals surface area contributed by atoms with E-state index >= 15 is 0 Å². The van der Waals surface area contributed by atoms with Crippen LogP contribution in [-0.2, 0) is 20.0 Å². The van der Waals surface area contributed by atoms with Gasteiger partial charge in [0.05, 0.1) is 28.9 Å². The second kappa shape index (κ2) is 15.2. The van der Waals surface area contributed by atoms with Crippen molar-refractivity contribution in [1.29, 1.82) is 0 Å². The number of sulfonamides is 2. The lowest BCUT2D eigenvalue weighted by Crippen LogP contribution is -2.55. The van der Waals surface area contributed by atoms with Crippen molar-refractivity contribution in [1.82, 2.24) is 18.4 Å². The number of piperazine rings is 1. The number of amides is 2. The highest BCUT2D eigenvalue weighted by Gasteiger charge is 2.45. The fourth-order valence-corrected chi connectivity index (χ4v) is 9.61. The molecule has 3 aromatic carbocycles. The highest BCUT2D eigenvalue weighted by molar-refractivity contribution is 7.89. The highest BCUT2D eigenvalue weighted by Crippen LogP contribution is 2.46. The number of hydrogen-bond acceptors (Lipinski definition) is 7. The van der Waals surface area contributed by atoms with Gasteiger partial charge in [-0.1, -0.05) is 53.9 Å². The number of hydrogen-bond donors (Lipinski definition) is 0. The van der Waals surface area contributed by atoms with E-state index in [1.807, 2.05) is 31.2 Å². The largest absolute Gasteiger partial charge is 0.493 e. The molecule has 0 saturated carbocycles. The van der Waals surface area contributed by atoms with Crippen LogP contribution in [0.15, 0.2) is 76.6 Å². The Bertz CT molecular complexity index is 1950. The van der Waals surface area contributed by atoms with E-state index in [1.54, 1.807) is 59.2 Å². The fraction of sp³-hybridized carbons (Fsp3) is 0.429. The van der Waals surface area contributed by atoms with Crippen LogP contribution in [0.3, 0.4) is 0 Å². The number of benzene rings is 3. The molecule has 0 spiro atoms. The summed E-state index contributed by atoms with van der Waals surface area (Å²) in [6.07, 6.45) is 2.55. The van der Waals surface area contributed by atoms with Crippen LogP contribution in [0.25, 0.3) is 0 Å². The van der Waals surface area contributed by atoms with E-state index in [9.17, 15) is 21.6 Å². The average Bonchev–Trinajstić information content (AvgIpc) is 3.53. The van der Waals surface area contributed by atoms with E-state index in [0.29, 0.717) is 41.1 Å². The first kappa shape index (κ1) is 36.6. The summed E-state index contributed by atoms with van der Waals surface area (Å²) in [5.74, 6) is 0.604. The monoisotopic (exact) mass is 761 g/mol. The Morgan fingerprint density at radius 2 is 1.38 bits per heavy atom. The summed E-state index contributed by atoms with van der Waals surface area (Å²) < 4.78 is 62.1. The first-order chi connectivity index (χ1) is 23.9. The molecular weight excluding hydrogens is 721 g/mol. The van der Waals surface area contributed by atoms with Gasteiger partial charge in [-0.05, 0) is 80.3 Å². The lowest BCUT2D eigenvalue weighted by molar-refractivity contribution is 0.143. The van der Waals surface area contributed by atoms with Crippen molar-refractivity contribution in [2.45, 2.75) is 50.1 Å². The molecule has 2 atom stereocenters. The molecule has 0 radical (unpaired) electrons. The third kappa shape index (κ3) is 7.40. The summed E-state index contributed by atoms with van der Waals surface area (Å²) in [6, 6.07) is 17.5. The van der Waals surface area contributed by atoms with Gasteiger partial charge >= 0.3 is 6.03 Å². The maximum Gasteiger partial charge on any atom is 0.326 e. The molecule has 0 N–H and O–H groups in total. The SMILES string of the molecule is CCOc1ccc(S(=O)(=O)N2CCCCC2)cc1C1=NC(c2ccc(Cl)cc2)C(c2ccc(Cl)cc2)N1C(=O)N1CCN(S(=O)(=O)CC)CC1. The Hall–Kier alpha value is -3.20. The van der Waals surface area contributed by atoms with Crippen LogP contribution < -0.4 is 4.74 Å². The summed E-state index contributed by atoms with van der Waals surface area (Å²) in [5, 5.41) is 1.07. The summed E-state index contributed by atoms with van der Waals surface area (Å²) in [5.41, 5.74) is 1.90. The van der Waals surface area contributed by atoms with Crippen molar-refractivity contribution < 1.29 is 26.4 Å². The van der Waals surface area contributed by atoms with E-state index in [0.717, 1.165) is 30.4 Å². The number of urea groups is 1. The van der Waals surface area contributed by atoms with Gasteiger partial charge in [0, 0.05) is 49.3 Å². The molecule has 3 aromatic rings. The number of ether oxygens (including phenoxy) is 1. The fourth-order valence-electron chi connectivity index (χ4n) is 6.73. The molecule has 2 fully saturated rings. The van der Waals surface area contributed by atoms with E-state index in [4.69, 9.17) is 32.9 Å². The number of aliphatic imine (C=N–C) groups is 1. The van der Waals surface area contributed by atoms with Crippen LogP contribution >= 0.6 is 23.2 Å². The number of nitrogens with zero attached hydrogens (tertiary/aromatic N) is 5. The lowest BCUT2D eigenvalue weighted by Gasteiger charge is -2.38. The number of halogens is 2. The topological polar surface area (TPSA) is 120 Å². The summed E-state index contributed by atoms with van der Waals surface area (Å²) in [7, 11) is -7.28. The van der Waals surface area contributed by atoms with Crippen molar-refractivity contribution in [3.63, 3.8) is 0 Å². The van der Waals surface area contributed by atoms with Gasteiger partial charge in [0.15, 0.2) is 0 Å². The number of rotatable bonds is 9. The van der Waals surface area contributed by atoms with Crippen molar-refractivity contribution in [3.8, 4) is 5.75 Å². The first-order valence-electron chi connectivity index (χ1n) is 16.9. The highest BCUT2D eigenvalue weighted by atomic mass is 35.5. The van der Waals surface area contributed by atoms with Gasteiger partial charge in [0.25, 0.3) is 0 Å². The molecule has 0 bridgehead atoms. The second-order valence-electron chi connectivity index (χ2n) is 12.4. The molecule has 2 saturated heterocycles. The Balaban J connectivity index is 1.50. The molecule has 2 unspecified atom stereocenters. The first-order valence-corrected chi connectivity index (χ1v) is 20.7. The van der Waals surface area contributed by atoms with E-state index < -0.39 is 32.1 Å². The summed E-state index contributed by atoms with van der Waals surface area (Å²) in [6.45, 7) is 5.25. The van der Waals surface area contributed by atoms with Crippen LogP contribution in [0.5, 0.6) is 5.75 Å². The smallest absolute Gasteiger partial charge is 0.326 e. The molecule has 50 heavy (non-hydrogen) atoms. The molecule has 2 amide bonds. The van der Waals surface area contributed by atoms with Gasteiger partial charge < -0.3 is 9.64 Å². The van der Waals surface area contributed by atoms with E-state index in [-0.39, 0.29) is 48.7 Å². The Labute approximate surface area is 304 Å². The summed E-state index contributed by atoms with van der Waals surface area (Å²) >= 11 is 12.6. The minimum Gasteiger partial charge on any atom is -0.493 e. The number of carbonyl (C=O) groups is 1. The Morgan fingerprint density at radius 1 is 0.780 bits per heavy atom. The number of carbonyl (C=O) groups excluding carboxylic acids is 1. The Morgan fingerprint density at radius 3 is 1.96 bits per heavy atom. The van der Waals surface area contributed by atoms with Crippen molar-refractivity contribution in [2.24, 2.45) is 4.99 Å². The molecule has 0 aliphatic carbocycles. The Kier molecular flexibility index (Phi) is 11.1. The molecule has 15 heteroatoms. The van der Waals surface area contributed by atoms with Gasteiger partial charge in [0.2, 0.25) is 20.0 Å². The van der Waals surface area contributed by atoms with Crippen molar-refractivity contribution in [3.05, 3.63) is 93.5 Å². The predicted molar refractivity (Wildman–Crippen MR) is 195 cm³/mol. The van der Waals surface area contributed by atoms with E-state index in [2.05, 4.69) is 0 Å². The molecule has 11 nitrogen and oxygen atoms in total. The zero-order chi connectivity index (χ0) is 35.6. The average molecular weight is 763 g/mol. The van der Waals surface area contributed by atoms with Gasteiger partial charge in [-0.25, -0.2) is 21.6 Å². The minimum absolute atomic E-state index is 0.0256. The summed E-state index contributed by atoms with van der Waals surface area (Å²) in [4.78, 5) is 23.4.